The number of carbonyl (C=O) groups excluding carboxylic acids is 2. The van der Waals surface area contributed by atoms with Crippen LogP contribution in [0.15, 0.2) is 119 Å². The van der Waals surface area contributed by atoms with Gasteiger partial charge in [0.2, 0.25) is 0 Å². The fourth-order valence-corrected chi connectivity index (χ4v) is 4.91. The fourth-order valence-electron chi connectivity index (χ4n) is 4.10. The first-order valence-electron chi connectivity index (χ1n) is 13.3. The van der Waals surface area contributed by atoms with Crippen molar-refractivity contribution in [2.24, 2.45) is 0 Å². The molecule has 0 spiro atoms. The van der Waals surface area contributed by atoms with E-state index in [1.54, 1.807) is 11.8 Å². The second kappa shape index (κ2) is 14.8. The number of anilines is 1. The molecule has 0 aromatic heterocycles. The van der Waals surface area contributed by atoms with Crippen molar-refractivity contribution in [1.29, 1.82) is 0 Å². The SMILES string of the molecule is CCCC(=O)Oc1ccc(Sc2ccc(N(CCCc3ccccc3)C(=O)NCc3ccccc3)cc2)cc1. The summed E-state index contributed by atoms with van der Waals surface area (Å²) in [6.07, 6.45) is 2.94. The molecular weight excluding hydrogens is 504 g/mol. The van der Waals surface area contributed by atoms with Crippen LogP contribution in [0.5, 0.6) is 5.75 Å². The molecule has 0 aliphatic carbocycles. The van der Waals surface area contributed by atoms with Gasteiger partial charge in [-0.2, -0.15) is 0 Å². The van der Waals surface area contributed by atoms with Crippen LogP contribution in [-0.4, -0.2) is 18.5 Å². The Kier molecular flexibility index (Phi) is 10.6. The normalized spacial score (nSPS) is 10.6. The molecule has 0 aliphatic heterocycles. The lowest BCUT2D eigenvalue weighted by molar-refractivity contribution is -0.134. The highest BCUT2D eigenvalue weighted by Gasteiger charge is 2.16. The molecule has 0 atom stereocenters. The molecule has 1 N–H and O–H groups in total. The number of amides is 2. The number of nitrogens with zero attached hydrogens (tertiary/aromatic N) is 1. The van der Waals surface area contributed by atoms with Crippen LogP contribution in [0, 0.1) is 0 Å². The zero-order valence-electron chi connectivity index (χ0n) is 22.2. The molecule has 0 radical (unpaired) electrons. The minimum Gasteiger partial charge on any atom is -0.427 e. The summed E-state index contributed by atoms with van der Waals surface area (Å²) in [5.74, 6) is 0.343. The van der Waals surface area contributed by atoms with E-state index in [4.69, 9.17) is 4.74 Å². The maximum atomic E-state index is 13.3. The molecule has 0 saturated carbocycles. The monoisotopic (exact) mass is 538 g/mol. The van der Waals surface area contributed by atoms with Crippen LogP contribution in [0.1, 0.15) is 37.3 Å². The molecule has 2 amide bonds. The van der Waals surface area contributed by atoms with E-state index in [-0.39, 0.29) is 12.0 Å². The van der Waals surface area contributed by atoms with Gasteiger partial charge in [0.05, 0.1) is 0 Å². The zero-order chi connectivity index (χ0) is 27.3. The van der Waals surface area contributed by atoms with E-state index in [2.05, 4.69) is 17.4 Å². The van der Waals surface area contributed by atoms with Gasteiger partial charge >= 0.3 is 12.0 Å². The van der Waals surface area contributed by atoms with Crippen molar-refractivity contribution < 1.29 is 14.3 Å². The van der Waals surface area contributed by atoms with Crippen LogP contribution in [0.25, 0.3) is 0 Å². The Balaban J connectivity index is 1.40. The summed E-state index contributed by atoms with van der Waals surface area (Å²) in [7, 11) is 0. The summed E-state index contributed by atoms with van der Waals surface area (Å²) in [6, 6.07) is 35.7. The third-order valence-electron chi connectivity index (χ3n) is 6.12. The van der Waals surface area contributed by atoms with Gasteiger partial charge in [-0.25, -0.2) is 4.79 Å². The van der Waals surface area contributed by atoms with Crippen molar-refractivity contribution in [2.75, 3.05) is 11.4 Å². The fraction of sp³-hybridized carbons (Fsp3) is 0.212. The summed E-state index contributed by atoms with van der Waals surface area (Å²) in [4.78, 5) is 28.9. The maximum Gasteiger partial charge on any atom is 0.322 e. The zero-order valence-corrected chi connectivity index (χ0v) is 23.0. The van der Waals surface area contributed by atoms with Crippen molar-refractivity contribution >= 4 is 29.4 Å². The van der Waals surface area contributed by atoms with Crippen molar-refractivity contribution in [1.82, 2.24) is 5.32 Å². The van der Waals surface area contributed by atoms with Gasteiger partial charge in [0.15, 0.2) is 0 Å². The van der Waals surface area contributed by atoms with E-state index in [1.165, 1.54) is 5.56 Å². The van der Waals surface area contributed by atoms with Crippen molar-refractivity contribution in [3.05, 3.63) is 120 Å². The molecule has 0 saturated heterocycles. The first kappa shape index (κ1) is 28.0. The first-order chi connectivity index (χ1) is 19.1. The van der Waals surface area contributed by atoms with E-state index in [0.29, 0.717) is 25.3 Å². The molecular formula is C33H34N2O3S. The predicted octanol–water partition coefficient (Wildman–Crippen LogP) is 7.89. The number of carbonyl (C=O) groups is 2. The maximum absolute atomic E-state index is 13.3. The first-order valence-corrected chi connectivity index (χ1v) is 14.1. The average Bonchev–Trinajstić information content (AvgIpc) is 2.97. The van der Waals surface area contributed by atoms with Gasteiger partial charge in [-0.1, -0.05) is 79.3 Å². The Morgan fingerprint density at radius 2 is 1.36 bits per heavy atom. The van der Waals surface area contributed by atoms with Gasteiger partial charge in [-0.3, -0.25) is 9.69 Å². The van der Waals surface area contributed by atoms with Crippen LogP contribution in [-0.2, 0) is 17.8 Å². The largest absolute Gasteiger partial charge is 0.427 e. The standard InChI is InChI=1S/C33H34N2O3S/c1-2-10-32(36)38-29-18-22-31(23-19-29)39-30-20-16-28(17-21-30)35(24-9-15-26-11-5-3-6-12-26)33(37)34-25-27-13-7-4-8-14-27/h3-8,11-14,16-23H,2,9-10,15,24-25H2,1H3,(H,34,37). The third-order valence-corrected chi connectivity index (χ3v) is 7.13. The average molecular weight is 539 g/mol. The molecule has 4 aromatic rings. The molecule has 0 fully saturated rings. The van der Waals surface area contributed by atoms with Crippen LogP contribution < -0.4 is 15.0 Å². The van der Waals surface area contributed by atoms with E-state index >= 15 is 0 Å². The Morgan fingerprint density at radius 1 is 0.769 bits per heavy atom. The summed E-state index contributed by atoms with van der Waals surface area (Å²) in [5, 5.41) is 3.07. The Labute approximate surface area is 235 Å². The van der Waals surface area contributed by atoms with Gasteiger partial charge in [0.1, 0.15) is 5.75 Å². The highest BCUT2D eigenvalue weighted by molar-refractivity contribution is 7.99. The number of ether oxygens (including phenoxy) is 1. The van der Waals surface area contributed by atoms with Gasteiger partial charge in [-0.15, -0.1) is 0 Å². The molecule has 200 valence electrons. The molecule has 0 heterocycles. The number of rotatable bonds is 12. The molecule has 0 unspecified atom stereocenters. The van der Waals surface area contributed by atoms with Gasteiger partial charge in [0, 0.05) is 35.0 Å². The summed E-state index contributed by atoms with van der Waals surface area (Å²) < 4.78 is 5.34. The van der Waals surface area contributed by atoms with Crippen molar-refractivity contribution in [3.8, 4) is 5.75 Å². The molecule has 4 rings (SSSR count). The van der Waals surface area contributed by atoms with E-state index in [1.807, 2.05) is 109 Å². The molecule has 6 heteroatoms. The predicted molar refractivity (Wildman–Crippen MR) is 158 cm³/mol. The van der Waals surface area contributed by atoms with Gasteiger partial charge in [0.25, 0.3) is 0 Å². The number of esters is 1. The Morgan fingerprint density at radius 3 is 1.97 bits per heavy atom. The smallest absolute Gasteiger partial charge is 0.322 e. The summed E-state index contributed by atoms with van der Waals surface area (Å²) >= 11 is 1.62. The number of aryl methyl sites for hydroxylation is 1. The van der Waals surface area contributed by atoms with Crippen molar-refractivity contribution in [2.45, 2.75) is 48.9 Å². The number of nitrogens with one attached hydrogen (secondary N) is 1. The second-order valence-corrected chi connectivity index (χ2v) is 10.3. The number of hydrogen-bond acceptors (Lipinski definition) is 4. The van der Waals surface area contributed by atoms with Crippen LogP contribution >= 0.6 is 11.8 Å². The minimum absolute atomic E-state index is 0.111. The highest BCUT2D eigenvalue weighted by atomic mass is 32.2. The second-order valence-electron chi connectivity index (χ2n) is 9.18. The molecule has 4 aromatic carbocycles. The Bertz CT molecular complexity index is 1310. The molecule has 39 heavy (non-hydrogen) atoms. The van der Waals surface area contributed by atoms with Gasteiger partial charge < -0.3 is 10.1 Å². The van der Waals surface area contributed by atoms with E-state index < -0.39 is 0 Å². The van der Waals surface area contributed by atoms with Crippen LogP contribution in [0.4, 0.5) is 10.5 Å². The lowest BCUT2D eigenvalue weighted by Crippen LogP contribution is -2.40. The van der Waals surface area contributed by atoms with Crippen molar-refractivity contribution in [3.63, 3.8) is 0 Å². The molecule has 0 aliphatic rings. The third kappa shape index (κ3) is 9.04. The van der Waals surface area contributed by atoms with Gasteiger partial charge in [-0.05, 0) is 78.9 Å². The number of benzene rings is 4. The lowest BCUT2D eigenvalue weighted by Gasteiger charge is -2.24. The quantitative estimate of drug-likeness (QED) is 0.147. The Hall–Kier alpha value is -4.03. The topological polar surface area (TPSA) is 58.6 Å². The van der Waals surface area contributed by atoms with Crippen LogP contribution in [0.2, 0.25) is 0 Å². The highest BCUT2D eigenvalue weighted by Crippen LogP contribution is 2.31. The minimum atomic E-state index is -0.213. The molecule has 5 nitrogen and oxygen atoms in total. The number of hydrogen-bond donors (Lipinski definition) is 1. The number of urea groups is 1. The molecule has 0 bridgehead atoms. The summed E-state index contributed by atoms with van der Waals surface area (Å²) in [5.41, 5.74) is 3.18. The van der Waals surface area contributed by atoms with Crippen LogP contribution in [0.3, 0.4) is 0 Å². The summed E-state index contributed by atoms with van der Waals surface area (Å²) in [6.45, 7) is 3.04. The van der Waals surface area contributed by atoms with E-state index in [0.717, 1.165) is 40.3 Å². The van der Waals surface area contributed by atoms with E-state index in [9.17, 15) is 9.59 Å². The lowest BCUT2D eigenvalue weighted by atomic mass is 10.1.